The molecule has 1 aromatic heterocycles. The molecule has 0 atom stereocenters. The second-order valence-electron chi connectivity index (χ2n) is 3.66. The Bertz CT molecular complexity index is 546. The quantitative estimate of drug-likeness (QED) is 0.899. The summed E-state index contributed by atoms with van der Waals surface area (Å²) >= 11 is 0. The van der Waals surface area contributed by atoms with E-state index in [-0.39, 0.29) is 5.75 Å². The number of benzene rings is 1. The minimum absolute atomic E-state index is 0.277. The van der Waals surface area contributed by atoms with Crippen LogP contribution in [0.1, 0.15) is 0 Å². The van der Waals surface area contributed by atoms with E-state index in [4.69, 9.17) is 5.73 Å². The Balaban J connectivity index is 2.25. The van der Waals surface area contributed by atoms with Crippen LogP contribution in [0.4, 0.5) is 19.0 Å². The highest BCUT2D eigenvalue weighted by Gasteiger charge is 2.31. The van der Waals surface area contributed by atoms with Gasteiger partial charge in [-0.3, -0.25) is 0 Å². The Kier molecular flexibility index (Phi) is 2.90. The van der Waals surface area contributed by atoms with Crippen molar-refractivity contribution in [1.29, 1.82) is 0 Å². The summed E-state index contributed by atoms with van der Waals surface area (Å²) in [6, 6.07) is 5.38. The molecule has 1 aromatic carbocycles. The second kappa shape index (κ2) is 4.25. The fourth-order valence-corrected chi connectivity index (χ4v) is 1.48. The Morgan fingerprint density at radius 2 is 1.83 bits per heavy atom. The van der Waals surface area contributed by atoms with Gasteiger partial charge in [0.25, 0.3) is 0 Å². The molecule has 0 aliphatic heterocycles. The molecule has 0 bridgehead atoms. The highest BCUT2D eigenvalue weighted by atomic mass is 19.4. The smallest absolute Gasteiger partial charge is 0.406 e. The van der Waals surface area contributed by atoms with E-state index in [0.29, 0.717) is 17.1 Å². The number of alkyl halides is 3. The van der Waals surface area contributed by atoms with Crippen molar-refractivity contribution < 1.29 is 17.9 Å². The summed E-state index contributed by atoms with van der Waals surface area (Å²) < 4.78 is 41.3. The summed E-state index contributed by atoms with van der Waals surface area (Å²) in [5.74, 6) is 0.167. The third kappa shape index (κ3) is 2.55. The summed E-state index contributed by atoms with van der Waals surface area (Å²) in [4.78, 5) is 4.06. The minimum atomic E-state index is -4.69. The number of nitrogen functional groups attached to an aromatic ring is 1. The number of hydrogen-bond acceptors (Lipinski definition) is 3. The van der Waals surface area contributed by atoms with E-state index < -0.39 is 6.36 Å². The monoisotopic (exact) mass is 257 g/mol. The van der Waals surface area contributed by atoms with Crippen LogP contribution in [0, 0.1) is 0 Å². The van der Waals surface area contributed by atoms with Gasteiger partial charge in [0.2, 0.25) is 0 Å². The van der Waals surface area contributed by atoms with Crippen LogP contribution in [0.3, 0.4) is 0 Å². The number of aryl methyl sites for hydroxylation is 1. The summed E-state index contributed by atoms with van der Waals surface area (Å²) in [5.41, 5.74) is 6.92. The first-order valence-corrected chi connectivity index (χ1v) is 5.00. The lowest BCUT2D eigenvalue weighted by Gasteiger charge is -2.09. The molecule has 0 aliphatic rings. The second-order valence-corrected chi connectivity index (χ2v) is 3.66. The molecule has 0 amide bonds. The van der Waals surface area contributed by atoms with Crippen LogP contribution < -0.4 is 10.5 Å². The maximum Gasteiger partial charge on any atom is 0.573 e. The zero-order valence-corrected chi connectivity index (χ0v) is 9.40. The molecule has 7 heteroatoms. The first kappa shape index (κ1) is 12.3. The molecule has 0 spiro atoms. The topological polar surface area (TPSA) is 53.1 Å². The summed E-state index contributed by atoms with van der Waals surface area (Å²) in [6.07, 6.45) is -3.16. The van der Waals surface area contributed by atoms with Crippen molar-refractivity contribution in [2.24, 2.45) is 7.05 Å². The highest BCUT2D eigenvalue weighted by molar-refractivity contribution is 5.70. The third-order valence-corrected chi connectivity index (χ3v) is 2.34. The lowest BCUT2D eigenvalue weighted by atomic mass is 10.1. The molecule has 2 aromatic rings. The van der Waals surface area contributed by atoms with Gasteiger partial charge in [0.15, 0.2) is 0 Å². The Labute approximate surface area is 101 Å². The van der Waals surface area contributed by atoms with Gasteiger partial charge >= 0.3 is 6.36 Å². The van der Waals surface area contributed by atoms with Crippen molar-refractivity contribution in [2.45, 2.75) is 6.36 Å². The van der Waals surface area contributed by atoms with Crippen LogP contribution in [-0.2, 0) is 7.05 Å². The lowest BCUT2D eigenvalue weighted by molar-refractivity contribution is -0.274. The molecule has 96 valence electrons. The van der Waals surface area contributed by atoms with E-state index in [1.54, 1.807) is 11.6 Å². The van der Waals surface area contributed by atoms with Gasteiger partial charge in [-0.25, -0.2) is 4.98 Å². The molecule has 1 heterocycles. The molecule has 2 N–H and O–H groups in total. The van der Waals surface area contributed by atoms with Crippen molar-refractivity contribution in [1.82, 2.24) is 9.55 Å². The number of hydrogen-bond donors (Lipinski definition) is 1. The predicted octanol–water partition coefficient (Wildman–Crippen LogP) is 2.57. The summed E-state index contributed by atoms with van der Waals surface area (Å²) in [7, 11) is 1.73. The number of nitrogens with two attached hydrogens (primary N) is 1. The number of ether oxygens (including phenoxy) is 1. The van der Waals surface area contributed by atoms with E-state index in [9.17, 15) is 13.2 Å². The van der Waals surface area contributed by atoms with Crippen molar-refractivity contribution >= 4 is 5.82 Å². The Hall–Kier alpha value is -2.18. The molecule has 0 radical (unpaired) electrons. The van der Waals surface area contributed by atoms with Crippen molar-refractivity contribution in [3.8, 4) is 17.0 Å². The number of anilines is 1. The fourth-order valence-electron chi connectivity index (χ4n) is 1.48. The molecule has 18 heavy (non-hydrogen) atoms. The van der Waals surface area contributed by atoms with Crippen LogP contribution in [-0.4, -0.2) is 15.9 Å². The Morgan fingerprint density at radius 1 is 1.22 bits per heavy atom. The zero-order valence-electron chi connectivity index (χ0n) is 9.40. The summed E-state index contributed by atoms with van der Waals surface area (Å²) in [6.45, 7) is 0. The molecular weight excluding hydrogens is 247 g/mol. The van der Waals surface area contributed by atoms with Gasteiger partial charge in [0.05, 0.1) is 6.33 Å². The molecular formula is C11H10F3N3O. The molecule has 0 fully saturated rings. The van der Waals surface area contributed by atoms with Crippen molar-refractivity contribution in [2.75, 3.05) is 5.73 Å². The fraction of sp³-hybridized carbons (Fsp3) is 0.182. The summed E-state index contributed by atoms with van der Waals surface area (Å²) in [5, 5.41) is 0. The van der Waals surface area contributed by atoms with E-state index in [2.05, 4.69) is 9.72 Å². The normalized spacial score (nSPS) is 11.6. The van der Waals surface area contributed by atoms with Gasteiger partial charge in [-0.2, -0.15) is 0 Å². The van der Waals surface area contributed by atoms with Crippen molar-refractivity contribution in [3.05, 3.63) is 30.6 Å². The van der Waals surface area contributed by atoms with Crippen molar-refractivity contribution in [3.63, 3.8) is 0 Å². The molecule has 4 nitrogen and oxygen atoms in total. The third-order valence-electron chi connectivity index (χ3n) is 2.34. The van der Waals surface area contributed by atoms with E-state index in [0.717, 1.165) is 0 Å². The first-order valence-electron chi connectivity index (χ1n) is 5.00. The minimum Gasteiger partial charge on any atom is -0.406 e. The largest absolute Gasteiger partial charge is 0.573 e. The van der Waals surface area contributed by atoms with Crippen LogP contribution in [0.25, 0.3) is 11.3 Å². The predicted molar refractivity (Wildman–Crippen MR) is 59.7 cm³/mol. The van der Waals surface area contributed by atoms with E-state index in [1.807, 2.05) is 0 Å². The van der Waals surface area contributed by atoms with Crippen LogP contribution in [0.5, 0.6) is 5.75 Å². The Morgan fingerprint density at radius 3 is 2.28 bits per heavy atom. The highest BCUT2D eigenvalue weighted by Crippen LogP contribution is 2.28. The van der Waals surface area contributed by atoms with Gasteiger partial charge in [0, 0.05) is 12.6 Å². The van der Waals surface area contributed by atoms with Gasteiger partial charge < -0.3 is 15.0 Å². The first-order chi connectivity index (χ1) is 8.37. The van der Waals surface area contributed by atoms with Gasteiger partial charge in [-0.05, 0) is 24.3 Å². The van der Waals surface area contributed by atoms with Gasteiger partial charge in [0.1, 0.15) is 17.3 Å². The maximum atomic E-state index is 12.0. The zero-order chi connectivity index (χ0) is 13.3. The van der Waals surface area contributed by atoms with E-state index in [1.165, 1.54) is 30.6 Å². The molecule has 0 saturated carbocycles. The standard InChI is InChI=1S/C11H10F3N3O/c1-17-6-16-9(10(17)15)7-2-4-8(5-3-7)18-11(12,13)14/h2-6H,15H2,1H3. The average molecular weight is 257 g/mol. The average Bonchev–Trinajstić information content (AvgIpc) is 2.59. The SMILES string of the molecule is Cn1cnc(-c2ccc(OC(F)(F)F)cc2)c1N. The lowest BCUT2D eigenvalue weighted by Crippen LogP contribution is -2.16. The number of imidazole rings is 1. The number of nitrogens with zero attached hydrogens (tertiary/aromatic N) is 2. The maximum absolute atomic E-state index is 12.0. The van der Waals surface area contributed by atoms with Crippen LogP contribution in [0.2, 0.25) is 0 Å². The van der Waals surface area contributed by atoms with Gasteiger partial charge in [-0.1, -0.05) is 0 Å². The van der Waals surface area contributed by atoms with E-state index >= 15 is 0 Å². The van der Waals surface area contributed by atoms with Crippen LogP contribution >= 0.6 is 0 Å². The number of aromatic nitrogens is 2. The number of rotatable bonds is 2. The molecule has 0 unspecified atom stereocenters. The van der Waals surface area contributed by atoms with Gasteiger partial charge in [-0.15, -0.1) is 13.2 Å². The van der Waals surface area contributed by atoms with Crippen LogP contribution in [0.15, 0.2) is 30.6 Å². The molecule has 0 saturated heterocycles. The molecule has 0 aliphatic carbocycles. The molecule has 2 rings (SSSR count). The number of halogens is 3.